The molecule has 1 saturated carbocycles. The van der Waals surface area contributed by atoms with E-state index in [2.05, 4.69) is 35.0 Å². The Balaban J connectivity index is 1.84. The fourth-order valence-electron chi connectivity index (χ4n) is 2.97. The lowest BCUT2D eigenvalue weighted by atomic mass is 9.85. The van der Waals surface area contributed by atoms with Crippen molar-refractivity contribution in [3.8, 4) is 0 Å². The zero-order valence-electron chi connectivity index (χ0n) is 11.9. The monoisotopic (exact) mass is 257 g/mol. The van der Waals surface area contributed by atoms with E-state index in [1.165, 1.54) is 35.7 Å². The lowest BCUT2D eigenvalue weighted by Gasteiger charge is -2.26. The lowest BCUT2D eigenvalue weighted by molar-refractivity contribution is 0.0810. The molecule has 1 aromatic carbocycles. The fourth-order valence-corrected chi connectivity index (χ4v) is 2.97. The van der Waals surface area contributed by atoms with Crippen molar-refractivity contribution in [1.29, 1.82) is 0 Å². The molecule has 0 aliphatic heterocycles. The van der Waals surface area contributed by atoms with Crippen molar-refractivity contribution >= 4 is 10.9 Å². The summed E-state index contributed by atoms with van der Waals surface area (Å²) in [5, 5.41) is 11.2. The second-order valence-corrected chi connectivity index (χ2v) is 6.65. The quantitative estimate of drug-likeness (QED) is 0.886. The molecule has 3 rings (SSSR count). The largest absolute Gasteiger partial charge is 0.390 e. The Morgan fingerprint density at radius 1 is 1.26 bits per heavy atom. The molecule has 2 aromatic rings. The van der Waals surface area contributed by atoms with Crippen LogP contribution in [0.3, 0.4) is 0 Å². The van der Waals surface area contributed by atoms with E-state index in [0.29, 0.717) is 6.42 Å². The summed E-state index contributed by atoms with van der Waals surface area (Å²) in [6, 6.07) is 8.76. The summed E-state index contributed by atoms with van der Waals surface area (Å²) in [7, 11) is 0. The highest BCUT2D eigenvalue weighted by Gasteiger charge is 2.18. The van der Waals surface area contributed by atoms with Gasteiger partial charge in [0.1, 0.15) is 0 Å². The third kappa shape index (κ3) is 2.84. The van der Waals surface area contributed by atoms with E-state index in [9.17, 15) is 5.11 Å². The van der Waals surface area contributed by atoms with Gasteiger partial charge < -0.3 is 9.67 Å². The van der Waals surface area contributed by atoms with Crippen LogP contribution in [0, 0.1) is 5.92 Å². The van der Waals surface area contributed by atoms with Gasteiger partial charge in [-0.1, -0.05) is 12.5 Å². The first-order valence-electron chi connectivity index (χ1n) is 7.31. The van der Waals surface area contributed by atoms with E-state index < -0.39 is 5.60 Å². The van der Waals surface area contributed by atoms with Crippen molar-refractivity contribution in [2.75, 3.05) is 0 Å². The lowest BCUT2D eigenvalue weighted by Crippen LogP contribution is -2.21. The SMILES string of the molecule is CC(C)(O)Cc1ccc2c(ccn2CC2CCC2)c1. The first-order chi connectivity index (χ1) is 9.01. The van der Waals surface area contributed by atoms with Crippen LogP contribution in [0.2, 0.25) is 0 Å². The van der Waals surface area contributed by atoms with Gasteiger partial charge in [-0.2, -0.15) is 0 Å². The molecule has 1 N–H and O–H groups in total. The van der Waals surface area contributed by atoms with Crippen LogP contribution in [-0.4, -0.2) is 15.3 Å². The van der Waals surface area contributed by atoms with E-state index in [1.54, 1.807) is 0 Å². The molecule has 1 fully saturated rings. The average Bonchev–Trinajstić information content (AvgIpc) is 2.63. The first kappa shape index (κ1) is 12.7. The molecule has 1 aromatic heterocycles. The van der Waals surface area contributed by atoms with Gasteiger partial charge in [-0.15, -0.1) is 0 Å². The van der Waals surface area contributed by atoms with Crippen LogP contribution >= 0.6 is 0 Å². The highest BCUT2D eigenvalue weighted by molar-refractivity contribution is 5.80. The molecule has 19 heavy (non-hydrogen) atoms. The molecule has 102 valence electrons. The molecule has 0 unspecified atom stereocenters. The smallest absolute Gasteiger partial charge is 0.0631 e. The predicted octanol–water partition coefficient (Wildman–Crippen LogP) is 3.75. The Morgan fingerprint density at radius 3 is 2.68 bits per heavy atom. The van der Waals surface area contributed by atoms with Crippen molar-refractivity contribution in [2.45, 2.75) is 51.7 Å². The highest BCUT2D eigenvalue weighted by atomic mass is 16.3. The van der Waals surface area contributed by atoms with Crippen LogP contribution in [0.1, 0.15) is 38.7 Å². The molecule has 0 atom stereocenters. The zero-order valence-corrected chi connectivity index (χ0v) is 11.9. The summed E-state index contributed by atoms with van der Waals surface area (Å²) in [4.78, 5) is 0. The van der Waals surface area contributed by atoms with E-state index in [-0.39, 0.29) is 0 Å². The minimum absolute atomic E-state index is 0.637. The predicted molar refractivity (Wildman–Crippen MR) is 79.3 cm³/mol. The number of hydrogen-bond donors (Lipinski definition) is 1. The molecule has 0 saturated heterocycles. The first-order valence-corrected chi connectivity index (χ1v) is 7.31. The van der Waals surface area contributed by atoms with Crippen LogP contribution in [0.4, 0.5) is 0 Å². The fraction of sp³-hybridized carbons (Fsp3) is 0.529. The van der Waals surface area contributed by atoms with Crippen LogP contribution in [-0.2, 0) is 13.0 Å². The van der Waals surface area contributed by atoms with Crippen LogP contribution in [0.5, 0.6) is 0 Å². The normalized spacial score (nSPS) is 16.8. The third-order valence-corrected chi connectivity index (χ3v) is 4.15. The maximum absolute atomic E-state index is 9.90. The standard InChI is InChI=1S/C17H23NO/c1-17(2,19)11-14-6-7-16-15(10-14)8-9-18(16)12-13-4-3-5-13/h6-10,13,19H,3-5,11-12H2,1-2H3. The molecule has 1 heterocycles. The molecule has 2 nitrogen and oxygen atoms in total. The van der Waals surface area contributed by atoms with Crippen molar-refractivity contribution in [1.82, 2.24) is 4.57 Å². The van der Waals surface area contributed by atoms with Crippen molar-refractivity contribution < 1.29 is 5.11 Å². The second-order valence-electron chi connectivity index (χ2n) is 6.65. The number of nitrogens with zero attached hydrogens (tertiary/aromatic N) is 1. The van der Waals surface area contributed by atoms with Gasteiger partial charge in [0.2, 0.25) is 0 Å². The summed E-state index contributed by atoms with van der Waals surface area (Å²) in [6.45, 7) is 4.88. The number of aromatic nitrogens is 1. The molecule has 2 heteroatoms. The molecule has 1 aliphatic carbocycles. The molecular weight excluding hydrogens is 234 g/mol. The maximum atomic E-state index is 9.90. The van der Waals surface area contributed by atoms with E-state index >= 15 is 0 Å². The van der Waals surface area contributed by atoms with Crippen molar-refractivity contribution in [2.24, 2.45) is 5.92 Å². The Labute approximate surface area is 115 Å². The van der Waals surface area contributed by atoms with Crippen molar-refractivity contribution in [3.05, 3.63) is 36.0 Å². The summed E-state index contributed by atoms with van der Waals surface area (Å²) in [5.41, 5.74) is 1.90. The van der Waals surface area contributed by atoms with Gasteiger partial charge in [-0.05, 0) is 61.8 Å². The molecular formula is C17H23NO. The van der Waals surface area contributed by atoms with Gasteiger partial charge in [0.05, 0.1) is 5.60 Å². The number of benzene rings is 1. The number of hydrogen-bond acceptors (Lipinski definition) is 1. The molecule has 0 radical (unpaired) electrons. The summed E-state index contributed by atoms with van der Waals surface area (Å²) in [6.07, 6.45) is 7.08. The minimum Gasteiger partial charge on any atom is -0.390 e. The molecule has 0 spiro atoms. The number of aliphatic hydroxyl groups is 1. The van der Waals surface area contributed by atoms with E-state index in [4.69, 9.17) is 0 Å². The van der Waals surface area contributed by atoms with Crippen LogP contribution < -0.4 is 0 Å². The van der Waals surface area contributed by atoms with Crippen LogP contribution in [0.25, 0.3) is 10.9 Å². The zero-order chi connectivity index (χ0) is 13.5. The van der Waals surface area contributed by atoms with Crippen molar-refractivity contribution in [3.63, 3.8) is 0 Å². The molecule has 0 amide bonds. The number of fused-ring (bicyclic) bond motifs is 1. The maximum Gasteiger partial charge on any atom is 0.0631 e. The Morgan fingerprint density at radius 2 is 2.05 bits per heavy atom. The Bertz CT molecular complexity index is 572. The van der Waals surface area contributed by atoms with Gasteiger partial charge >= 0.3 is 0 Å². The number of rotatable bonds is 4. The summed E-state index contributed by atoms with van der Waals surface area (Å²) >= 11 is 0. The Kier molecular flexibility index (Phi) is 3.14. The summed E-state index contributed by atoms with van der Waals surface area (Å²) < 4.78 is 2.38. The van der Waals surface area contributed by atoms with E-state index in [0.717, 1.165) is 12.5 Å². The molecule has 0 bridgehead atoms. The second kappa shape index (κ2) is 4.68. The van der Waals surface area contributed by atoms with Gasteiger partial charge in [0.25, 0.3) is 0 Å². The average molecular weight is 257 g/mol. The minimum atomic E-state index is -0.637. The summed E-state index contributed by atoms with van der Waals surface area (Å²) in [5.74, 6) is 0.881. The van der Waals surface area contributed by atoms with Crippen LogP contribution in [0.15, 0.2) is 30.5 Å². The third-order valence-electron chi connectivity index (χ3n) is 4.15. The van der Waals surface area contributed by atoms with Gasteiger partial charge in [-0.25, -0.2) is 0 Å². The molecule has 1 aliphatic rings. The highest BCUT2D eigenvalue weighted by Crippen LogP contribution is 2.29. The topological polar surface area (TPSA) is 25.2 Å². The van der Waals surface area contributed by atoms with Gasteiger partial charge in [0, 0.05) is 24.7 Å². The van der Waals surface area contributed by atoms with Gasteiger partial charge in [-0.3, -0.25) is 0 Å². The van der Waals surface area contributed by atoms with E-state index in [1.807, 2.05) is 13.8 Å². The Hall–Kier alpha value is -1.28. The van der Waals surface area contributed by atoms with Gasteiger partial charge in [0.15, 0.2) is 0 Å².